The Morgan fingerprint density at radius 2 is 1.78 bits per heavy atom. The molecule has 2 N–H and O–H groups in total. The van der Waals surface area contributed by atoms with E-state index in [2.05, 4.69) is 0 Å². The summed E-state index contributed by atoms with van der Waals surface area (Å²) in [6, 6.07) is -1.03. The Morgan fingerprint density at radius 1 is 1.17 bits per heavy atom. The highest BCUT2D eigenvalue weighted by molar-refractivity contribution is 5.89. The second kappa shape index (κ2) is 7.30. The molecule has 9 nitrogen and oxygen atoms in total. The number of piperazine rings is 1. The van der Waals surface area contributed by atoms with E-state index in [1.54, 1.807) is 20.8 Å². The predicted octanol–water partition coefficient (Wildman–Crippen LogP) is 0.384. The number of ether oxygens (including phenoxy) is 1. The molecule has 0 bridgehead atoms. The van der Waals surface area contributed by atoms with Gasteiger partial charge in [0.1, 0.15) is 18.2 Å². The van der Waals surface area contributed by atoms with E-state index in [4.69, 9.17) is 14.9 Å². The van der Waals surface area contributed by atoms with Gasteiger partial charge >= 0.3 is 18.0 Å². The van der Waals surface area contributed by atoms with Crippen molar-refractivity contribution in [2.75, 3.05) is 19.6 Å². The largest absolute Gasteiger partial charge is 0.481 e. The second-order valence-electron chi connectivity index (χ2n) is 6.28. The van der Waals surface area contributed by atoms with Gasteiger partial charge in [-0.3, -0.25) is 19.3 Å². The minimum atomic E-state index is -1.17. The molecule has 1 heterocycles. The molecule has 1 rings (SSSR count). The summed E-state index contributed by atoms with van der Waals surface area (Å²) >= 11 is 0. The SMILES string of the molecule is CC(C)(C)OC(=O)N1CCN(CC(=O)O)C(=O)C1CCC(=O)O. The average Bonchev–Trinajstić information content (AvgIpc) is 2.36. The van der Waals surface area contributed by atoms with Gasteiger partial charge in [-0.2, -0.15) is 0 Å². The van der Waals surface area contributed by atoms with Crippen molar-refractivity contribution in [1.82, 2.24) is 9.80 Å². The monoisotopic (exact) mass is 330 g/mol. The van der Waals surface area contributed by atoms with Gasteiger partial charge in [-0.05, 0) is 27.2 Å². The van der Waals surface area contributed by atoms with Crippen LogP contribution in [0.4, 0.5) is 4.79 Å². The molecule has 1 saturated heterocycles. The molecule has 0 aromatic rings. The Bertz CT molecular complexity index is 498. The van der Waals surface area contributed by atoms with E-state index in [0.717, 1.165) is 4.90 Å². The molecule has 1 unspecified atom stereocenters. The molecule has 1 aliphatic rings. The van der Waals surface area contributed by atoms with Crippen LogP contribution in [0, 0.1) is 0 Å². The van der Waals surface area contributed by atoms with Gasteiger partial charge in [-0.1, -0.05) is 0 Å². The average molecular weight is 330 g/mol. The van der Waals surface area contributed by atoms with Crippen LogP contribution in [0.1, 0.15) is 33.6 Å². The number of hydrogen-bond acceptors (Lipinski definition) is 5. The van der Waals surface area contributed by atoms with Crippen LogP contribution in [-0.4, -0.2) is 75.2 Å². The van der Waals surface area contributed by atoms with Crippen molar-refractivity contribution in [2.24, 2.45) is 0 Å². The summed E-state index contributed by atoms with van der Waals surface area (Å²) in [5.74, 6) is -2.84. The maximum atomic E-state index is 12.4. The molecule has 0 aromatic carbocycles. The van der Waals surface area contributed by atoms with Crippen molar-refractivity contribution in [2.45, 2.75) is 45.3 Å². The first-order valence-electron chi connectivity index (χ1n) is 7.23. The van der Waals surface area contributed by atoms with E-state index in [0.29, 0.717) is 0 Å². The van der Waals surface area contributed by atoms with Crippen molar-refractivity contribution in [3.63, 3.8) is 0 Å². The lowest BCUT2D eigenvalue weighted by molar-refractivity contribution is -0.150. The van der Waals surface area contributed by atoms with Crippen molar-refractivity contribution in [3.05, 3.63) is 0 Å². The first kappa shape index (κ1) is 18.7. The van der Waals surface area contributed by atoms with E-state index in [-0.39, 0.29) is 25.9 Å². The van der Waals surface area contributed by atoms with Crippen molar-refractivity contribution in [3.8, 4) is 0 Å². The molecule has 0 spiro atoms. The normalized spacial score (nSPS) is 18.7. The molecule has 9 heteroatoms. The summed E-state index contributed by atoms with van der Waals surface area (Å²) in [5.41, 5.74) is -0.754. The lowest BCUT2D eigenvalue weighted by Crippen LogP contribution is -2.60. The number of hydrogen-bond donors (Lipinski definition) is 2. The molecule has 1 aliphatic heterocycles. The fourth-order valence-corrected chi connectivity index (χ4v) is 2.24. The molecule has 0 saturated carbocycles. The minimum absolute atomic E-state index is 0.0634. The van der Waals surface area contributed by atoms with Crippen LogP contribution >= 0.6 is 0 Å². The number of carbonyl (C=O) groups is 4. The molecule has 1 fully saturated rings. The van der Waals surface area contributed by atoms with Crippen LogP contribution in [0.5, 0.6) is 0 Å². The Kier molecular flexibility index (Phi) is 5.94. The molecule has 130 valence electrons. The van der Waals surface area contributed by atoms with Crippen LogP contribution in [0.3, 0.4) is 0 Å². The maximum absolute atomic E-state index is 12.4. The van der Waals surface area contributed by atoms with Crippen LogP contribution < -0.4 is 0 Å². The summed E-state index contributed by atoms with van der Waals surface area (Å²) in [6.07, 6.45) is -1.11. The van der Waals surface area contributed by atoms with Gasteiger partial charge in [0.25, 0.3) is 0 Å². The quantitative estimate of drug-likeness (QED) is 0.746. The van der Waals surface area contributed by atoms with Gasteiger partial charge in [0.05, 0.1) is 0 Å². The molecular formula is C14H22N2O7. The fraction of sp³-hybridized carbons (Fsp3) is 0.714. The van der Waals surface area contributed by atoms with Crippen molar-refractivity contribution < 1.29 is 34.1 Å². The summed E-state index contributed by atoms with van der Waals surface area (Å²) < 4.78 is 5.23. The van der Waals surface area contributed by atoms with Gasteiger partial charge in [-0.15, -0.1) is 0 Å². The highest BCUT2D eigenvalue weighted by atomic mass is 16.6. The molecule has 0 aliphatic carbocycles. The fourth-order valence-electron chi connectivity index (χ4n) is 2.24. The zero-order valence-corrected chi connectivity index (χ0v) is 13.4. The highest BCUT2D eigenvalue weighted by Crippen LogP contribution is 2.20. The molecule has 2 amide bonds. The zero-order valence-electron chi connectivity index (χ0n) is 13.4. The zero-order chi connectivity index (χ0) is 17.8. The Hall–Kier alpha value is -2.32. The van der Waals surface area contributed by atoms with Gasteiger partial charge in [0.2, 0.25) is 5.91 Å². The molecular weight excluding hydrogens is 308 g/mol. The lowest BCUT2D eigenvalue weighted by Gasteiger charge is -2.40. The third-order valence-electron chi connectivity index (χ3n) is 3.17. The maximum Gasteiger partial charge on any atom is 0.411 e. The van der Waals surface area contributed by atoms with Crippen molar-refractivity contribution in [1.29, 1.82) is 0 Å². The van der Waals surface area contributed by atoms with Gasteiger partial charge in [-0.25, -0.2) is 4.79 Å². The van der Waals surface area contributed by atoms with Crippen LogP contribution in [0.15, 0.2) is 0 Å². The van der Waals surface area contributed by atoms with E-state index >= 15 is 0 Å². The van der Waals surface area contributed by atoms with Crippen LogP contribution in [0.25, 0.3) is 0 Å². The van der Waals surface area contributed by atoms with Gasteiger partial charge in [0, 0.05) is 19.5 Å². The molecule has 1 atom stereocenters. The standard InChI is InChI=1S/C14H22N2O7/c1-14(2,3)23-13(22)16-7-6-15(8-11(19)20)12(21)9(16)4-5-10(17)18/h9H,4-8H2,1-3H3,(H,17,18)(H,19,20). The summed E-state index contributed by atoms with van der Waals surface area (Å²) in [5, 5.41) is 17.6. The number of carbonyl (C=O) groups excluding carboxylic acids is 2. The third-order valence-corrected chi connectivity index (χ3v) is 3.17. The first-order valence-corrected chi connectivity index (χ1v) is 7.23. The van der Waals surface area contributed by atoms with Gasteiger partial charge in [0.15, 0.2) is 0 Å². The number of carboxylic acids is 2. The molecule has 0 radical (unpaired) electrons. The highest BCUT2D eigenvalue weighted by Gasteiger charge is 2.39. The molecule has 23 heavy (non-hydrogen) atoms. The van der Waals surface area contributed by atoms with Crippen LogP contribution in [-0.2, 0) is 19.1 Å². The van der Waals surface area contributed by atoms with Crippen LogP contribution in [0.2, 0.25) is 0 Å². The first-order chi connectivity index (χ1) is 10.5. The van der Waals surface area contributed by atoms with E-state index in [1.807, 2.05) is 0 Å². The Balaban J connectivity index is 2.91. The number of carboxylic acid groups (broad SMARTS) is 2. The van der Waals surface area contributed by atoms with E-state index < -0.39 is 42.1 Å². The van der Waals surface area contributed by atoms with E-state index in [9.17, 15) is 19.2 Å². The third kappa shape index (κ3) is 5.76. The number of amides is 2. The summed E-state index contributed by atoms with van der Waals surface area (Å²) in [6.45, 7) is 4.72. The van der Waals surface area contributed by atoms with Gasteiger partial charge < -0.3 is 19.8 Å². The number of nitrogens with zero attached hydrogens (tertiary/aromatic N) is 2. The predicted molar refractivity (Wildman–Crippen MR) is 77.8 cm³/mol. The molecule has 0 aromatic heterocycles. The lowest BCUT2D eigenvalue weighted by atomic mass is 10.1. The Labute approximate surface area is 133 Å². The topological polar surface area (TPSA) is 124 Å². The second-order valence-corrected chi connectivity index (χ2v) is 6.28. The minimum Gasteiger partial charge on any atom is -0.481 e. The number of aliphatic carboxylic acids is 2. The van der Waals surface area contributed by atoms with Crippen molar-refractivity contribution >= 4 is 23.9 Å². The number of rotatable bonds is 5. The smallest absolute Gasteiger partial charge is 0.411 e. The summed E-state index contributed by atoms with van der Waals surface area (Å²) in [4.78, 5) is 48.4. The van der Waals surface area contributed by atoms with E-state index in [1.165, 1.54) is 4.90 Å². The Morgan fingerprint density at radius 3 is 2.26 bits per heavy atom. The summed E-state index contributed by atoms with van der Waals surface area (Å²) in [7, 11) is 0.